The number of hydrogen-bond donors (Lipinski definition) is 2. The number of amides is 2. The predicted octanol–water partition coefficient (Wildman–Crippen LogP) is 0.666. The first kappa shape index (κ1) is 23.6. The molecular formula is C17H23N5O9. The van der Waals surface area contributed by atoms with Crippen molar-refractivity contribution in [1.82, 2.24) is 10.6 Å². The van der Waals surface area contributed by atoms with Gasteiger partial charge in [0.25, 0.3) is 0 Å². The second-order valence-corrected chi connectivity index (χ2v) is 6.54. The molecule has 14 nitrogen and oxygen atoms in total. The Bertz CT molecular complexity index is 795. The third kappa shape index (κ3) is 6.15. The lowest BCUT2D eigenvalue weighted by molar-refractivity contribution is -0.147. The zero-order valence-electron chi connectivity index (χ0n) is 17.1. The van der Waals surface area contributed by atoms with E-state index in [1.54, 1.807) is 0 Å². The average molecular weight is 441 g/mol. The van der Waals surface area contributed by atoms with Gasteiger partial charge in [0, 0.05) is 18.4 Å². The van der Waals surface area contributed by atoms with Crippen LogP contribution in [0, 0.1) is 0 Å². The zero-order valence-corrected chi connectivity index (χ0v) is 17.1. The molecule has 2 heterocycles. The van der Waals surface area contributed by atoms with Crippen LogP contribution in [-0.4, -0.2) is 74.8 Å². The number of cyclic esters (lactones) is 2. The van der Waals surface area contributed by atoms with Crippen LogP contribution in [0.5, 0.6) is 0 Å². The van der Waals surface area contributed by atoms with Crippen molar-refractivity contribution in [2.24, 2.45) is 5.11 Å². The maximum absolute atomic E-state index is 12.3. The lowest BCUT2D eigenvalue weighted by atomic mass is 9.92. The summed E-state index contributed by atoms with van der Waals surface area (Å²) in [7, 11) is 1.11. The largest absolute Gasteiger partial charge is 0.508 e. The van der Waals surface area contributed by atoms with Gasteiger partial charge in [-0.25, -0.2) is 14.4 Å². The van der Waals surface area contributed by atoms with Gasteiger partial charge in [-0.1, -0.05) is 12.0 Å². The number of nitrogens with zero attached hydrogens (tertiary/aromatic N) is 3. The Morgan fingerprint density at radius 1 is 1.39 bits per heavy atom. The molecule has 1 fully saturated rings. The standard InChI is InChI=1S/C17H23N5O9/c1-4-5-19-16(25)31-13(11-7-28-17(26)30-11)14-12(20-8(2)23)9(21-22-18)6-10(29-14)15(24)27-3/h6,9,11-14H,4-5,7H2,1-3H3,(H,19,25)(H,20,23)/t9-,11+,12+,13+,14+/m0/s1. The van der Waals surface area contributed by atoms with E-state index in [-0.39, 0.29) is 12.4 Å². The predicted molar refractivity (Wildman–Crippen MR) is 100 cm³/mol. The van der Waals surface area contributed by atoms with Crippen molar-refractivity contribution < 1.29 is 42.9 Å². The number of rotatable bonds is 8. The fourth-order valence-electron chi connectivity index (χ4n) is 3.02. The summed E-state index contributed by atoms with van der Waals surface area (Å²) in [6.45, 7) is 3.08. The normalized spacial score (nSPS) is 25.4. The molecule has 0 bridgehead atoms. The minimum absolute atomic E-state index is 0.277. The SMILES string of the molecule is CCCNC(=O)O[C@@H]([C@@H]1OC(C(=O)OC)=C[C@H](N=[N+]=[N-])[C@H]1NC(C)=O)[C@H]1COC(=O)O1. The van der Waals surface area contributed by atoms with Crippen LogP contribution in [-0.2, 0) is 33.3 Å². The van der Waals surface area contributed by atoms with Gasteiger partial charge in [0.15, 0.2) is 18.3 Å². The second kappa shape index (κ2) is 10.9. The first-order valence-corrected chi connectivity index (χ1v) is 9.36. The highest BCUT2D eigenvalue weighted by atomic mass is 16.8. The Hall–Kier alpha value is -3.67. The van der Waals surface area contributed by atoms with E-state index in [0.717, 1.165) is 7.11 Å². The molecule has 2 aliphatic rings. The van der Waals surface area contributed by atoms with E-state index >= 15 is 0 Å². The summed E-state index contributed by atoms with van der Waals surface area (Å²) in [6, 6.07) is -2.19. The van der Waals surface area contributed by atoms with Crippen LogP contribution in [0.25, 0.3) is 10.4 Å². The molecule has 2 amide bonds. The number of alkyl carbamates (subject to hydrolysis) is 1. The van der Waals surface area contributed by atoms with Crippen LogP contribution in [0.15, 0.2) is 16.9 Å². The van der Waals surface area contributed by atoms with E-state index in [9.17, 15) is 19.2 Å². The molecule has 2 N–H and O–H groups in total. The van der Waals surface area contributed by atoms with E-state index in [0.29, 0.717) is 13.0 Å². The number of esters is 1. The summed E-state index contributed by atoms with van der Waals surface area (Å²) in [5, 5.41) is 8.65. The number of carbonyl (C=O) groups is 4. The number of azide groups is 1. The van der Waals surface area contributed by atoms with Gasteiger partial charge in [-0.15, -0.1) is 0 Å². The highest BCUT2D eigenvalue weighted by Gasteiger charge is 2.49. The van der Waals surface area contributed by atoms with Gasteiger partial charge in [0.1, 0.15) is 6.61 Å². The quantitative estimate of drug-likeness (QED) is 0.179. The molecule has 1 saturated heterocycles. The van der Waals surface area contributed by atoms with Crippen LogP contribution in [0.3, 0.4) is 0 Å². The summed E-state index contributed by atoms with van der Waals surface area (Å²) in [4.78, 5) is 50.3. The molecule has 5 atom stereocenters. The first-order valence-electron chi connectivity index (χ1n) is 9.36. The molecule has 0 aliphatic carbocycles. The van der Waals surface area contributed by atoms with Gasteiger partial charge in [0.2, 0.25) is 11.7 Å². The summed E-state index contributed by atoms with van der Waals surface area (Å²) in [5.41, 5.74) is 8.94. The van der Waals surface area contributed by atoms with Crippen molar-refractivity contribution in [3.63, 3.8) is 0 Å². The maximum atomic E-state index is 12.3. The van der Waals surface area contributed by atoms with Crippen molar-refractivity contribution >= 4 is 24.1 Å². The molecule has 2 rings (SSSR count). The monoisotopic (exact) mass is 441 g/mol. The lowest BCUT2D eigenvalue weighted by Gasteiger charge is -2.39. The molecule has 0 aromatic rings. The van der Waals surface area contributed by atoms with Crippen molar-refractivity contribution in [2.75, 3.05) is 20.3 Å². The van der Waals surface area contributed by atoms with E-state index in [4.69, 9.17) is 24.5 Å². The van der Waals surface area contributed by atoms with Crippen molar-refractivity contribution in [1.29, 1.82) is 0 Å². The van der Waals surface area contributed by atoms with Crippen LogP contribution in [0.1, 0.15) is 20.3 Å². The first-order chi connectivity index (χ1) is 14.8. The molecule has 0 aromatic carbocycles. The fourth-order valence-corrected chi connectivity index (χ4v) is 3.02. The van der Waals surface area contributed by atoms with Crippen molar-refractivity contribution in [2.45, 2.75) is 50.7 Å². The minimum Gasteiger partial charge on any atom is -0.477 e. The molecule has 2 aliphatic heterocycles. The zero-order chi connectivity index (χ0) is 23.0. The van der Waals surface area contributed by atoms with E-state index < -0.39 is 54.5 Å². The van der Waals surface area contributed by atoms with Gasteiger partial charge in [0.05, 0.1) is 19.2 Å². The number of hydrogen-bond acceptors (Lipinski definition) is 10. The van der Waals surface area contributed by atoms with Crippen molar-refractivity contribution in [3.05, 3.63) is 22.3 Å². The Morgan fingerprint density at radius 3 is 2.68 bits per heavy atom. The average Bonchev–Trinajstić information content (AvgIpc) is 3.16. The smallest absolute Gasteiger partial charge is 0.477 e. The molecule has 0 spiro atoms. The number of carbonyl (C=O) groups excluding carboxylic acids is 4. The van der Waals surface area contributed by atoms with Gasteiger partial charge in [-0.3, -0.25) is 4.79 Å². The second-order valence-electron chi connectivity index (χ2n) is 6.54. The van der Waals surface area contributed by atoms with E-state index in [2.05, 4.69) is 25.4 Å². The summed E-state index contributed by atoms with van der Waals surface area (Å²) >= 11 is 0. The molecule has 0 saturated carbocycles. The third-order valence-corrected chi connectivity index (χ3v) is 4.31. The topological polar surface area (TPSA) is 187 Å². The van der Waals surface area contributed by atoms with Gasteiger partial charge < -0.3 is 34.3 Å². The van der Waals surface area contributed by atoms with Gasteiger partial charge in [-0.2, -0.15) is 0 Å². The Balaban J connectivity index is 2.45. The lowest BCUT2D eigenvalue weighted by Crippen LogP contribution is -2.60. The maximum Gasteiger partial charge on any atom is 0.508 e. The molecule has 31 heavy (non-hydrogen) atoms. The minimum atomic E-state index is -1.34. The molecule has 14 heteroatoms. The highest BCUT2D eigenvalue weighted by Crippen LogP contribution is 2.29. The van der Waals surface area contributed by atoms with Gasteiger partial charge in [-0.05, 0) is 18.0 Å². The molecule has 0 radical (unpaired) electrons. The van der Waals surface area contributed by atoms with E-state index in [1.807, 2.05) is 6.92 Å². The van der Waals surface area contributed by atoms with Gasteiger partial charge >= 0.3 is 18.2 Å². The van der Waals surface area contributed by atoms with E-state index in [1.165, 1.54) is 13.0 Å². The fraction of sp³-hybridized carbons (Fsp3) is 0.647. The number of methoxy groups -OCH3 is 1. The Labute approximate surface area is 176 Å². The number of ether oxygens (including phenoxy) is 5. The highest BCUT2D eigenvalue weighted by molar-refractivity contribution is 5.86. The molecular weight excluding hydrogens is 418 g/mol. The molecule has 0 unspecified atom stereocenters. The third-order valence-electron chi connectivity index (χ3n) is 4.31. The molecule has 0 aromatic heterocycles. The van der Waals surface area contributed by atoms with Crippen LogP contribution in [0.4, 0.5) is 9.59 Å². The van der Waals surface area contributed by atoms with Crippen LogP contribution in [0.2, 0.25) is 0 Å². The van der Waals surface area contributed by atoms with Crippen molar-refractivity contribution in [3.8, 4) is 0 Å². The summed E-state index contributed by atoms with van der Waals surface area (Å²) in [5.74, 6) is -1.74. The Kier molecular flexibility index (Phi) is 8.32. The summed E-state index contributed by atoms with van der Waals surface area (Å²) in [6.07, 6.45) is -3.80. The Morgan fingerprint density at radius 2 is 2.13 bits per heavy atom. The number of nitrogens with one attached hydrogen (secondary N) is 2. The van der Waals surface area contributed by atoms with Crippen LogP contribution < -0.4 is 10.6 Å². The summed E-state index contributed by atoms with van der Waals surface area (Å²) < 4.78 is 25.6. The van der Waals surface area contributed by atoms with Crippen LogP contribution >= 0.6 is 0 Å². The molecule has 170 valence electrons.